The lowest BCUT2D eigenvalue weighted by Gasteiger charge is -2.26. The van der Waals surface area contributed by atoms with Gasteiger partial charge in [-0.15, -0.1) is 0 Å². The van der Waals surface area contributed by atoms with Crippen LogP contribution in [0.25, 0.3) is 11.1 Å². The highest BCUT2D eigenvalue weighted by molar-refractivity contribution is 6.42. The first-order valence-corrected chi connectivity index (χ1v) is 8.84. The van der Waals surface area contributed by atoms with E-state index in [0.29, 0.717) is 27.7 Å². The molecule has 2 aromatic carbocycles. The van der Waals surface area contributed by atoms with Gasteiger partial charge in [-0.2, -0.15) is 0 Å². The number of nitrogens with one attached hydrogen (secondary N) is 1. The Bertz CT molecular complexity index is 1020. The third-order valence-electron chi connectivity index (χ3n) is 4.30. The van der Waals surface area contributed by atoms with Gasteiger partial charge in [0.1, 0.15) is 6.54 Å². The Morgan fingerprint density at radius 2 is 1.88 bits per heavy atom. The Morgan fingerprint density at radius 1 is 1.15 bits per heavy atom. The molecule has 3 aromatic rings. The first kappa shape index (κ1) is 18.5. The number of fused-ring (bicyclic) bond motifs is 1. The summed E-state index contributed by atoms with van der Waals surface area (Å²) in [6, 6.07) is 12.4. The maximum atomic E-state index is 12.3. The zero-order chi connectivity index (χ0) is 18.9. The minimum atomic E-state index is -0.551. The highest BCUT2D eigenvalue weighted by Crippen LogP contribution is 2.29. The summed E-state index contributed by atoms with van der Waals surface area (Å²) in [4.78, 5) is 24.3. The van der Waals surface area contributed by atoms with Gasteiger partial charge in [0.25, 0.3) is 0 Å². The second-order valence-corrected chi connectivity index (χ2v) is 7.53. The lowest BCUT2D eigenvalue weighted by Crippen LogP contribution is -2.39. The Balaban J connectivity index is 1.71. The molecule has 7 heteroatoms. The van der Waals surface area contributed by atoms with E-state index in [4.69, 9.17) is 27.6 Å². The highest BCUT2D eigenvalue weighted by Gasteiger charge is 2.23. The molecule has 0 radical (unpaired) electrons. The average molecular weight is 393 g/mol. The van der Waals surface area contributed by atoms with Crippen LogP contribution in [-0.4, -0.2) is 17.0 Å². The van der Waals surface area contributed by atoms with E-state index in [9.17, 15) is 9.59 Å². The van der Waals surface area contributed by atoms with Gasteiger partial charge in [0, 0.05) is 12.0 Å². The molecule has 0 saturated heterocycles. The molecule has 0 spiro atoms. The monoisotopic (exact) mass is 392 g/mol. The van der Waals surface area contributed by atoms with Gasteiger partial charge in [0.15, 0.2) is 5.58 Å². The van der Waals surface area contributed by atoms with Gasteiger partial charge < -0.3 is 9.73 Å². The van der Waals surface area contributed by atoms with Crippen LogP contribution in [0, 0.1) is 0 Å². The molecule has 0 fully saturated rings. The number of nitrogens with zero attached hydrogens (tertiary/aromatic N) is 1. The van der Waals surface area contributed by atoms with E-state index in [-0.39, 0.29) is 17.9 Å². The zero-order valence-electron chi connectivity index (χ0n) is 14.4. The molecule has 1 heterocycles. The van der Waals surface area contributed by atoms with Crippen molar-refractivity contribution in [3.05, 3.63) is 68.6 Å². The molecule has 0 aliphatic carbocycles. The van der Waals surface area contributed by atoms with Crippen LogP contribution < -0.4 is 11.1 Å². The van der Waals surface area contributed by atoms with Crippen molar-refractivity contribution in [1.29, 1.82) is 0 Å². The van der Waals surface area contributed by atoms with E-state index in [1.165, 1.54) is 4.57 Å². The van der Waals surface area contributed by atoms with Gasteiger partial charge in [-0.1, -0.05) is 55.2 Å². The molecular weight excluding hydrogens is 375 g/mol. The average Bonchev–Trinajstić information content (AvgIpc) is 2.91. The molecule has 0 unspecified atom stereocenters. The molecule has 136 valence electrons. The molecular formula is C19H18Cl2N2O3. The van der Waals surface area contributed by atoms with Gasteiger partial charge in [-0.05, 0) is 29.8 Å². The highest BCUT2D eigenvalue weighted by atomic mass is 35.5. The van der Waals surface area contributed by atoms with Gasteiger partial charge in [0.05, 0.1) is 15.6 Å². The van der Waals surface area contributed by atoms with Crippen LogP contribution in [0.3, 0.4) is 0 Å². The lowest BCUT2D eigenvalue weighted by molar-refractivity contribution is -0.121. The van der Waals surface area contributed by atoms with E-state index in [1.807, 2.05) is 19.9 Å². The number of rotatable bonds is 5. The standard InChI is InChI=1S/C19H18Cl2N2O3/c1-19(2,12-7-8-13(20)14(21)9-12)11-22-17(24)10-23-15-5-3-4-6-16(15)26-18(23)25/h3-9H,10-11H2,1-2H3,(H,22,24). The fraction of sp³-hybridized carbons (Fsp3) is 0.263. The molecule has 3 rings (SSSR count). The number of hydrogen-bond acceptors (Lipinski definition) is 3. The summed E-state index contributed by atoms with van der Waals surface area (Å²) in [5, 5.41) is 3.83. The summed E-state index contributed by atoms with van der Waals surface area (Å²) in [6.45, 7) is 4.26. The van der Waals surface area contributed by atoms with Gasteiger partial charge >= 0.3 is 5.76 Å². The Morgan fingerprint density at radius 3 is 2.62 bits per heavy atom. The molecule has 0 aliphatic heterocycles. The number of amides is 1. The summed E-state index contributed by atoms with van der Waals surface area (Å²) in [5.41, 5.74) is 1.66. The molecule has 5 nitrogen and oxygen atoms in total. The third kappa shape index (κ3) is 3.79. The quantitative estimate of drug-likeness (QED) is 0.713. The molecule has 26 heavy (non-hydrogen) atoms. The maximum absolute atomic E-state index is 12.3. The number of hydrogen-bond donors (Lipinski definition) is 1. The number of para-hydroxylation sites is 2. The first-order valence-electron chi connectivity index (χ1n) is 8.08. The normalized spacial score (nSPS) is 11.7. The van der Waals surface area contributed by atoms with Crippen molar-refractivity contribution in [3.8, 4) is 0 Å². The molecule has 0 saturated carbocycles. The van der Waals surface area contributed by atoms with Crippen molar-refractivity contribution in [3.63, 3.8) is 0 Å². The van der Waals surface area contributed by atoms with Crippen LogP contribution in [0.5, 0.6) is 0 Å². The second-order valence-electron chi connectivity index (χ2n) is 6.71. The lowest BCUT2D eigenvalue weighted by atomic mass is 9.84. The van der Waals surface area contributed by atoms with E-state index in [2.05, 4.69) is 5.32 Å². The van der Waals surface area contributed by atoms with E-state index in [1.54, 1.807) is 36.4 Å². The third-order valence-corrected chi connectivity index (χ3v) is 5.04. The second kappa shape index (κ2) is 7.17. The van der Waals surface area contributed by atoms with Gasteiger partial charge in [-0.25, -0.2) is 4.79 Å². The number of benzene rings is 2. The summed E-state index contributed by atoms with van der Waals surface area (Å²) in [6.07, 6.45) is 0. The van der Waals surface area contributed by atoms with Crippen LogP contribution in [0.4, 0.5) is 0 Å². The minimum Gasteiger partial charge on any atom is -0.408 e. The van der Waals surface area contributed by atoms with Crippen LogP contribution in [0.1, 0.15) is 19.4 Å². The topological polar surface area (TPSA) is 64.2 Å². The van der Waals surface area contributed by atoms with E-state index < -0.39 is 5.76 Å². The summed E-state index contributed by atoms with van der Waals surface area (Å²) in [5.74, 6) is -0.822. The number of aromatic nitrogens is 1. The van der Waals surface area contributed by atoms with Crippen LogP contribution >= 0.6 is 23.2 Å². The first-order chi connectivity index (χ1) is 12.3. The van der Waals surface area contributed by atoms with Crippen molar-refractivity contribution < 1.29 is 9.21 Å². The smallest absolute Gasteiger partial charge is 0.408 e. The van der Waals surface area contributed by atoms with Crippen molar-refractivity contribution in [2.45, 2.75) is 25.8 Å². The molecule has 0 aliphatic rings. The molecule has 1 N–H and O–H groups in total. The van der Waals surface area contributed by atoms with Crippen molar-refractivity contribution >= 4 is 40.2 Å². The number of carbonyl (C=O) groups excluding carboxylic acids is 1. The maximum Gasteiger partial charge on any atom is 0.420 e. The van der Waals surface area contributed by atoms with Crippen molar-refractivity contribution in [2.75, 3.05) is 6.54 Å². The summed E-state index contributed by atoms with van der Waals surface area (Å²) < 4.78 is 6.46. The van der Waals surface area contributed by atoms with Crippen molar-refractivity contribution in [2.24, 2.45) is 0 Å². The minimum absolute atomic E-state index is 0.104. The summed E-state index contributed by atoms with van der Waals surface area (Å²) >= 11 is 12.0. The van der Waals surface area contributed by atoms with E-state index >= 15 is 0 Å². The largest absolute Gasteiger partial charge is 0.420 e. The van der Waals surface area contributed by atoms with Gasteiger partial charge in [-0.3, -0.25) is 9.36 Å². The Labute approximate surface area is 160 Å². The van der Waals surface area contributed by atoms with Crippen LogP contribution in [0.15, 0.2) is 51.7 Å². The molecule has 1 amide bonds. The summed E-state index contributed by atoms with van der Waals surface area (Å²) in [7, 11) is 0. The Hall–Kier alpha value is -2.24. The van der Waals surface area contributed by atoms with E-state index in [0.717, 1.165) is 5.56 Å². The molecule has 1 aromatic heterocycles. The number of oxazole rings is 1. The SMILES string of the molecule is CC(C)(CNC(=O)Cn1c(=O)oc2ccccc21)c1ccc(Cl)c(Cl)c1. The fourth-order valence-corrected chi connectivity index (χ4v) is 3.00. The van der Waals surface area contributed by atoms with Crippen LogP contribution in [0.2, 0.25) is 10.0 Å². The molecule has 0 bridgehead atoms. The zero-order valence-corrected chi connectivity index (χ0v) is 15.9. The predicted molar refractivity (Wildman–Crippen MR) is 103 cm³/mol. The van der Waals surface area contributed by atoms with Crippen molar-refractivity contribution in [1.82, 2.24) is 9.88 Å². The van der Waals surface area contributed by atoms with Crippen LogP contribution in [-0.2, 0) is 16.8 Å². The molecule has 0 atom stereocenters. The fourth-order valence-electron chi connectivity index (χ4n) is 2.70. The number of carbonyl (C=O) groups is 1. The predicted octanol–water partition coefficient (Wildman–Crippen LogP) is 4.00. The van der Waals surface area contributed by atoms with Gasteiger partial charge in [0.2, 0.25) is 5.91 Å². The number of halogens is 2. The Kier molecular flexibility index (Phi) is 5.12.